The fourth-order valence-electron chi connectivity index (χ4n) is 1.61. The first-order valence-electron chi connectivity index (χ1n) is 5.22. The van der Waals surface area contributed by atoms with Crippen molar-refractivity contribution in [1.82, 2.24) is 0 Å². The van der Waals surface area contributed by atoms with E-state index in [-0.39, 0.29) is 11.1 Å². The number of methoxy groups -OCH3 is 2. The summed E-state index contributed by atoms with van der Waals surface area (Å²) in [6, 6.07) is 3.14. The Morgan fingerprint density at radius 2 is 1.76 bits per heavy atom. The number of nitro groups is 1. The predicted octanol–water partition coefficient (Wildman–Crippen LogP) is 2.91. The van der Waals surface area contributed by atoms with E-state index in [0.717, 1.165) is 5.56 Å². The van der Waals surface area contributed by atoms with Crippen LogP contribution in [0.5, 0.6) is 11.5 Å². The Labute approximate surface area is 101 Å². The summed E-state index contributed by atoms with van der Waals surface area (Å²) in [5, 5.41) is 11.0. The van der Waals surface area contributed by atoms with E-state index in [1.54, 1.807) is 6.07 Å². The molecule has 1 aromatic rings. The quantitative estimate of drug-likeness (QED) is 0.601. The minimum atomic E-state index is -0.462. The van der Waals surface area contributed by atoms with E-state index in [9.17, 15) is 10.1 Å². The number of ether oxygens (including phenoxy) is 2. The first-order valence-corrected chi connectivity index (χ1v) is 5.22. The van der Waals surface area contributed by atoms with Crippen LogP contribution >= 0.6 is 0 Å². The summed E-state index contributed by atoms with van der Waals surface area (Å²) in [6.07, 6.45) is 0. The molecule has 0 saturated carbocycles. The lowest BCUT2D eigenvalue weighted by Gasteiger charge is -2.22. The SMILES string of the molecule is COc1cc([N+](=O)[O-])c(OC)c(C(C)(C)C)c1. The Balaban J connectivity index is 3.56. The number of nitrogens with zero attached hydrogens (tertiary/aromatic N) is 1. The molecule has 0 aliphatic carbocycles. The molecule has 0 amide bonds. The van der Waals surface area contributed by atoms with Gasteiger partial charge in [0.15, 0.2) is 0 Å². The van der Waals surface area contributed by atoms with Crippen LogP contribution < -0.4 is 9.47 Å². The van der Waals surface area contributed by atoms with Crippen LogP contribution in [0.15, 0.2) is 12.1 Å². The monoisotopic (exact) mass is 239 g/mol. The predicted molar refractivity (Wildman–Crippen MR) is 64.9 cm³/mol. The van der Waals surface area contributed by atoms with Crippen molar-refractivity contribution >= 4 is 5.69 Å². The van der Waals surface area contributed by atoms with Gasteiger partial charge in [-0.2, -0.15) is 0 Å². The normalized spacial score (nSPS) is 11.1. The van der Waals surface area contributed by atoms with Crippen molar-refractivity contribution in [2.45, 2.75) is 26.2 Å². The zero-order chi connectivity index (χ0) is 13.2. The standard InChI is InChI=1S/C12H17NO4/c1-12(2,3)9-6-8(16-4)7-10(13(14)15)11(9)17-5/h6-7H,1-5H3. The summed E-state index contributed by atoms with van der Waals surface area (Å²) in [5.41, 5.74) is 0.424. The minimum Gasteiger partial charge on any atom is -0.496 e. The molecule has 0 saturated heterocycles. The van der Waals surface area contributed by atoms with E-state index < -0.39 is 4.92 Å². The highest BCUT2D eigenvalue weighted by molar-refractivity contribution is 5.58. The van der Waals surface area contributed by atoms with Crippen LogP contribution in [0.25, 0.3) is 0 Å². The number of hydrogen-bond donors (Lipinski definition) is 0. The van der Waals surface area contributed by atoms with Gasteiger partial charge in [-0.3, -0.25) is 10.1 Å². The van der Waals surface area contributed by atoms with Gasteiger partial charge in [0.25, 0.3) is 0 Å². The van der Waals surface area contributed by atoms with Gasteiger partial charge in [-0.15, -0.1) is 0 Å². The van der Waals surface area contributed by atoms with Crippen LogP contribution in [-0.4, -0.2) is 19.1 Å². The fraction of sp³-hybridized carbons (Fsp3) is 0.500. The molecule has 0 atom stereocenters. The lowest BCUT2D eigenvalue weighted by Crippen LogP contribution is -2.14. The van der Waals surface area contributed by atoms with E-state index in [1.165, 1.54) is 20.3 Å². The van der Waals surface area contributed by atoms with E-state index in [1.807, 2.05) is 20.8 Å². The summed E-state index contributed by atoms with van der Waals surface area (Å²) >= 11 is 0. The molecule has 0 aliphatic rings. The van der Waals surface area contributed by atoms with Crippen LogP contribution in [0.4, 0.5) is 5.69 Å². The van der Waals surface area contributed by atoms with E-state index in [4.69, 9.17) is 9.47 Å². The molecule has 0 N–H and O–H groups in total. The largest absolute Gasteiger partial charge is 0.496 e. The molecule has 17 heavy (non-hydrogen) atoms. The van der Waals surface area contributed by atoms with E-state index >= 15 is 0 Å². The molecule has 0 radical (unpaired) electrons. The van der Waals surface area contributed by atoms with Crippen molar-refractivity contribution in [3.63, 3.8) is 0 Å². The molecule has 0 unspecified atom stereocenters. The topological polar surface area (TPSA) is 61.6 Å². The maximum Gasteiger partial charge on any atom is 0.314 e. The summed E-state index contributed by atoms with van der Waals surface area (Å²) in [5.74, 6) is 0.755. The lowest BCUT2D eigenvalue weighted by molar-refractivity contribution is -0.385. The Morgan fingerprint density at radius 1 is 1.18 bits per heavy atom. The van der Waals surface area contributed by atoms with Gasteiger partial charge in [0.1, 0.15) is 5.75 Å². The molecule has 0 aliphatic heterocycles. The molecular formula is C12H17NO4. The molecule has 0 bridgehead atoms. The smallest absolute Gasteiger partial charge is 0.314 e. The third-order valence-corrected chi connectivity index (χ3v) is 2.49. The fourth-order valence-corrected chi connectivity index (χ4v) is 1.61. The van der Waals surface area contributed by atoms with Crippen LogP contribution in [0.1, 0.15) is 26.3 Å². The molecule has 0 fully saturated rings. The number of hydrogen-bond acceptors (Lipinski definition) is 4. The molecule has 94 valence electrons. The Hall–Kier alpha value is -1.78. The third-order valence-electron chi connectivity index (χ3n) is 2.49. The molecule has 0 heterocycles. The second-order valence-corrected chi connectivity index (χ2v) is 4.73. The average Bonchev–Trinajstić information content (AvgIpc) is 2.25. The van der Waals surface area contributed by atoms with Crippen molar-refractivity contribution in [3.8, 4) is 11.5 Å². The molecule has 1 aromatic carbocycles. The van der Waals surface area contributed by atoms with Crippen LogP contribution in [0.3, 0.4) is 0 Å². The number of rotatable bonds is 3. The molecule has 5 nitrogen and oxygen atoms in total. The average molecular weight is 239 g/mol. The Bertz CT molecular complexity index is 435. The Kier molecular flexibility index (Phi) is 3.60. The summed E-state index contributed by atoms with van der Waals surface area (Å²) in [4.78, 5) is 10.5. The van der Waals surface area contributed by atoms with Crippen LogP contribution in [-0.2, 0) is 5.41 Å². The summed E-state index contributed by atoms with van der Waals surface area (Å²) < 4.78 is 10.2. The molecule has 1 rings (SSSR count). The second kappa shape index (κ2) is 4.61. The molecule has 0 aromatic heterocycles. The van der Waals surface area contributed by atoms with Gasteiger partial charge in [0.05, 0.1) is 25.2 Å². The van der Waals surface area contributed by atoms with Gasteiger partial charge in [-0.25, -0.2) is 0 Å². The summed E-state index contributed by atoms with van der Waals surface area (Å²) in [6.45, 7) is 5.90. The van der Waals surface area contributed by atoms with Crippen molar-refractivity contribution < 1.29 is 14.4 Å². The highest BCUT2D eigenvalue weighted by Crippen LogP contribution is 2.41. The van der Waals surface area contributed by atoms with E-state index in [0.29, 0.717) is 11.5 Å². The number of benzene rings is 1. The van der Waals surface area contributed by atoms with Gasteiger partial charge in [-0.1, -0.05) is 20.8 Å². The maximum absolute atomic E-state index is 11.0. The minimum absolute atomic E-state index is 0.0724. The maximum atomic E-state index is 11.0. The van der Waals surface area contributed by atoms with Gasteiger partial charge in [0, 0.05) is 5.56 Å². The zero-order valence-corrected chi connectivity index (χ0v) is 10.7. The summed E-state index contributed by atoms with van der Waals surface area (Å²) in [7, 11) is 2.92. The van der Waals surface area contributed by atoms with Gasteiger partial charge < -0.3 is 9.47 Å². The van der Waals surface area contributed by atoms with Crippen molar-refractivity contribution in [2.75, 3.05) is 14.2 Å². The number of nitro benzene ring substituents is 1. The van der Waals surface area contributed by atoms with Gasteiger partial charge in [-0.05, 0) is 11.5 Å². The van der Waals surface area contributed by atoms with Crippen molar-refractivity contribution in [3.05, 3.63) is 27.8 Å². The van der Waals surface area contributed by atoms with Crippen molar-refractivity contribution in [1.29, 1.82) is 0 Å². The van der Waals surface area contributed by atoms with Crippen molar-refractivity contribution in [2.24, 2.45) is 0 Å². The first-order chi connectivity index (χ1) is 7.81. The highest BCUT2D eigenvalue weighted by atomic mass is 16.6. The van der Waals surface area contributed by atoms with E-state index in [2.05, 4.69) is 0 Å². The lowest BCUT2D eigenvalue weighted by atomic mass is 9.85. The Morgan fingerprint density at radius 3 is 2.12 bits per heavy atom. The molecule has 5 heteroatoms. The zero-order valence-electron chi connectivity index (χ0n) is 10.7. The van der Waals surface area contributed by atoms with Gasteiger partial charge >= 0.3 is 5.69 Å². The third kappa shape index (κ3) is 2.67. The van der Waals surface area contributed by atoms with Gasteiger partial charge in [0.2, 0.25) is 5.75 Å². The second-order valence-electron chi connectivity index (χ2n) is 4.73. The van der Waals surface area contributed by atoms with Crippen LogP contribution in [0, 0.1) is 10.1 Å². The molecular weight excluding hydrogens is 222 g/mol. The molecule has 0 spiro atoms. The van der Waals surface area contributed by atoms with Crippen LogP contribution in [0.2, 0.25) is 0 Å². The highest BCUT2D eigenvalue weighted by Gasteiger charge is 2.27. The first kappa shape index (κ1) is 13.3.